The molecule has 1 aromatic heterocycles. The van der Waals surface area contributed by atoms with E-state index in [9.17, 15) is 10.1 Å². The van der Waals surface area contributed by atoms with Crippen LogP contribution in [-0.4, -0.2) is 9.91 Å². The lowest BCUT2D eigenvalue weighted by molar-refractivity contribution is -0.385. The van der Waals surface area contributed by atoms with Gasteiger partial charge in [0.15, 0.2) is 0 Å². The zero-order valence-electron chi connectivity index (χ0n) is 11.2. The second-order valence-electron chi connectivity index (χ2n) is 4.62. The van der Waals surface area contributed by atoms with Crippen molar-refractivity contribution in [3.05, 3.63) is 76.5 Å². The molecule has 1 heterocycles. The van der Waals surface area contributed by atoms with Gasteiger partial charge >= 0.3 is 0 Å². The van der Waals surface area contributed by atoms with Crippen molar-refractivity contribution in [3.63, 3.8) is 0 Å². The number of nitrogens with one attached hydrogen (secondary N) is 1. The van der Waals surface area contributed by atoms with Gasteiger partial charge in [0, 0.05) is 35.4 Å². The topological polar surface area (TPSA) is 68.1 Å². The number of hydrogen-bond acceptors (Lipinski definition) is 4. The van der Waals surface area contributed by atoms with Crippen LogP contribution in [0.25, 0.3) is 10.9 Å². The van der Waals surface area contributed by atoms with Crippen LogP contribution in [0.5, 0.6) is 0 Å². The number of benzene rings is 2. The number of nitro groups is 1. The molecule has 0 fully saturated rings. The van der Waals surface area contributed by atoms with Crippen molar-refractivity contribution in [2.24, 2.45) is 0 Å². The molecule has 5 heteroatoms. The van der Waals surface area contributed by atoms with Crippen LogP contribution < -0.4 is 5.32 Å². The molecule has 1 N–H and O–H groups in total. The quantitative estimate of drug-likeness (QED) is 0.583. The molecule has 0 aliphatic heterocycles. The monoisotopic (exact) mass is 279 g/mol. The van der Waals surface area contributed by atoms with E-state index in [4.69, 9.17) is 0 Å². The Morgan fingerprint density at radius 1 is 1.05 bits per heavy atom. The smallest absolute Gasteiger partial charge is 0.274 e. The van der Waals surface area contributed by atoms with Crippen molar-refractivity contribution in [2.45, 2.75) is 6.54 Å². The van der Waals surface area contributed by atoms with Crippen LogP contribution in [-0.2, 0) is 6.54 Å². The third-order valence-corrected chi connectivity index (χ3v) is 3.30. The summed E-state index contributed by atoms with van der Waals surface area (Å²) in [7, 11) is 0. The fourth-order valence-electron chi connectivity index (χ4n) is 2.29. The highest BCUT2D eigenvalue weighted by Gasteiger charge is 2.12. The number of nitro benzene ring substituents is 1. The molecule has 0 saturated heterocycles. The summed E-state index contributed by atoms with van der Waals surface area (Å²) in [5.41, 5.74) is 2.59. The molecule has 0 saturated carbocycles. The Morgan fingerprint density at radius 3 is 2.76 bits per heavy atom. The van der Waals surface area contributed by atoms with E-state index in [0.717, 1.165) is 16.6 Å². The SMILES string of the molecule is O=[N+]([O-])c1ccccc1CNc1cccc2ncccc12. The Labute approximate surface area is 121 Å². The zero-order chi connectivity index (χ0) is 14.7. The lowest BCUT2D eigenvalue weighted by atomic mass is 10.1. The average Bonchev–Trinajstić information content (AvgIpc) is 2.53. The van der Waals surface area contributed by atoms with Crippen molar-refractivity contribution < 1.29 is 4.92 Å². The van der Waals surface area contributed by atoms with Crippen LogP contribution >= 0.6 is 0 Å². The highest BCUT2D eigenvalue weighted by Crippen LogP contribution is 2.24. The Morgan fingerprint density at radius 2 is 1.90 bits per heavy atom. The molecule has 3 rings (SSSR count). The van der Waals surface area contributed by atoms with Crippen LogP contribution in [0.15, 0.2) is 60.8 Å². The molecule has 0 atom stereocenters. The molecule has 0 aliphatic rings. The molecule has 0 bridgehead atoms. The Balaban J connectivity index is 1.89. The number of fused-ring (bicyclic) bond motifs is 1. The van der Waals surface area contributed by atoms with Gasteiger partial charge in [-0.25, -0.2) is 0 Å². The molecular weight excluding hydrogens is 266 g/mol. The molecule has 0 amide bonds. The summed E-state index contributed by atoms with van der Waals surface area (Å²) in [6, 6.07) is 16.4. The first-order chi connectivity index (χ1) is 10.3. The van der Waals surface area contributed by atoms with Gasteiger partial charge in [-0.2, -0.15) is 0 Å². The van der Waals surface area contributed by atoms with E-state index in [-0.39, 0.29) is 10.6 Å². The first-order valence-corrected chi connectivity index (χ1v) is 6.55. The van der Waals surface area contributed by atoms with Gasteiger partial charge in [-0.3, -0.25) is 15.1 Å². The van der Waals surface area contributed by atoms with E-state index in [0.29, 0.717) is 12.1 Å². The van der Waals surface area contributed by atoms with E-state index >= 15 is 0 Å². The lowest BCUT2D eigenvalue weighted by Gasteiger charge is -2.09. The van der Waals surface area contributed by atoms with E-state index in [1.807, 2.05) is 30.3 Å². The van der Waals surface area contributed by atoms with Gasteiger partial charge in [0.2, 0.25) is 0 Å². The highest BCUT2D eigenvalue weighted by atomic mass is 16.6. The molecule has 5 nitrogen and oxygen atoms in total. The number of pyridine rings is 1. The lowest BCUT2D eigenvalue weighted by Crippen LogP contribution is -2.03. The van der Waals surface area contributed by atoms with E-state index in [1.165, 1.54) is 6.07 Å². The predicted octanol–water partition coefficient (Wildman–Crippen LogP) is 3.76. The minimum Gasteiger partial charge on any atom is -0.380 e. The number of aromatic nitrogens is 1. The highest BCUT2D eigenvalue weighted by molar-refractivity contribution is 5.91. The molecule has 0 aliphatic carbocycles. The zero-order valence-corrected chi connectivity index (χ0v) is 11.2. The molecule has 3 aromatic rings. The van der Waals surface area contributed by atoms with Gasteiger partial charge in [-0.15, -0.1) is 0 Å². The number of nitrogens with zero attached hydrogens (tertiary/aromatic N) is 2. The fraction of sp³-hybridized carbons (Fsp3) is 0.0625. The van der Waals surface area contributed by atoms with Gasteiger partial charge in [-0.05, 0) is 24.3 Å². The molecule has 104 valence electrons. The summed E-state index contributed by atoms with van der Waals surface area (Å²) in [5.74, 6) is 0. The second kappa shape index (κ2) is 5.58. The summed E-state index contributed by atoms with van der Waals surface area (Å²) >= 11 is 0. The minimum atomic E-state index is -0.359. The normalized spacial score (nSPS) is 10.5. The largest absolute Gasteiger partial charge is 0.380 e. The summed E-state index contributed by atoms with van der Waals surface area (Å²) in [6.07, 6.45) is 1.74. The standard InChI is InChI=1S/C16H13N3O2/c20-19(21)16-9-2-1-5-12(16)11-18-15-8-3-7-14-13(15)6-4-10-17-14/h1-10,18H,11H2. The summed E-state index contributed by atoms with van der Waals surface area (Å²) in [5, 5.41) is 15.3. The van der Waals surface area contributed by atoms with Crippen LogP contribution in [0.4, 0.5) is 11.4 Å². The first-order valence-electron chi connectivity index (χ1n) is 6.55. The molecule has 0 radical (unpaired) electrons. The van der Waals surface area contributed by atoms with Crippen LogP contribution in [0.1, 0.15) is 5.56 Å². The maximum Gasteiger partial charge on any atom is 0.274 e. The van der Waals surface area contributed by atoms with Gasteiger partial charge in [-0.1, -0.05) is 24.3 Å². The van der Waals surface area contributed by atoms with Crippen molar-refractivity contribution in [3.8, 4) is 0 Å². The molecule has 21 heavy (non-hydrogen) atoms. The molecule has 0 unspecified atom stereocenters. The van der Waals surface area contributed by atoms with Crippen LogP contribution in [0.2, 0.25) is 0 Å². The van der Waals surface area contributed by atoms with E-state index in [2.05, 4.69) is 10.3 Å². The third-order valence-electron chi connectivity index (χ3n) is 3.30. The Bertz CT molecular complexity index is 797. The van der Waals surface area contributed by atoms with Gasteiger partial charge < -0.3 is 5.32 Å². The van der Waals surface area contributed by atoms with Crippen molar-refractivity contribution >= 4 is 22.3 Å². The van der Waals surface area contributed by atoms with Crippen molar-refractivity contribution in [2.75, 3.05) is 5.32 Å². The fourth-order valence-corrected chi connectivity index (χ4v) is 2.29. The predicted molar refractivity (Wildman–Crippen MR) is 82.2 cm³/mol. The first kappa shape index (κ1) is 13.1. The van der Waals surface area contributed by atoms with Crippen molar-refractivity contribution in [1.82, 2.24) is 4.98 Å². The minimum absolute atomic E-state index is 0.128. The van der Waals surface area contributed by atoms with E-state index < -0.39 is 0 Å². The maximum atomic E-state index is 11.0. The van der Waals surface area contributed by atoms with Crippen LogP contribution in [0.3, 0.4) is 0 Å². The van der Waals surface area contributed by atoms with Gasteiger partial charge in [0.05, 0.1) is 10.4 Å². The summed E-state index contributed by atoms with van der Waals surface area (Å²) in [6.45, 7) is 0.394. The van der Waals surface area contributed by atoms with Gasteiger partial charge in [0.25, 0.3) is 5.69 Å². The number of anilines is 1. The summed E-state index contributed by atoms with van der Waals surface area (Å²) in [4.78, 5) is 14.9. The maximum absolute atomic E-state index is 11.0. The number of para-hydroxylation sites is 1. The average molecular weight is 279 g/mol. The van der Waals surface area contributed by atoms with Crippen molar-refractivity contribution in [1.29, 1.82) is 0 Å². The second-order valence-corrected chi connectivity index (χ2v) is 4.62. The van der Waals surface area contributed by atoms with Gasteiger partial charge in [0.1, 0.15) is 0 Å². The van der Waals surface area contributed by atoms with E-state index in [1.54, 1.807) is 24.4 Å². The Kier molecular flexibility index (Phi) is 3.47. The number of rotatable bonds is 4. The molecule has 2 aromatic carbocycles. The third kappa shape index (κ3) is 2.67. The number of hydrogen-bond donors (Lipinski definition) is 1. The Hall–Kier alpha value is -2.95. The summed E-state index contributed by atoms with van der Waals surface area (Å²) < 4.78 is 0. The molecular formula is C16H13N3O2. The van der Waals surface area contributed by atoms with Crippen LogP contribution in [0, 0.1) is 10.1 Å². The molecule has 0 spiro atoms.